The average molecular weight is 422 g/mol. The van der Waals surface area contributed by atoms with Crippen LogP contribution in [0, 0.1) is 11.3 Å². The van der Waals surface area contributed by atoms with Crippen LogP contribution in [-0.4, -0.2) is 48.4 Å². The smallest absolute Gasteiger partial charge is 0.412 e. The summed E-state index contributed by atoms with van der Waals surface area (Å²) >= 11 is 0. The lowest BCUT2D eigenvalue weighted by molar-refractivity contribution is -0.155. The number of carbonyl (C=O) groups is 1. The number of nitriles is 1. The average Bonchev–Trinajstić information content (AvgIpc) is 2.71. The van der Waals surface area contributed by atoms with Crippen molar-refractivity contribution in [1.29, 1.82) is 5.26 Å². The molecule has 3 heterocycles. The zero-order valence-corrected chi connectivity index (χ0v) is 17.8. The van der Waals surface area contributed by atoms with Crippen molar-refractivity contribution in [3.63, 3.8) is 0 Å². The van der Waals surface area contributed by atoms with E-state index >= 15 is 0 Å². The van der Waals surface area contributed by atoms with Crippen molar-refractivity contribution in [2.24, 2.45) is 0 Å². The Morgan fingerprint density at radius 2 is 2.26 bits per heavy atom. The van der Waals surface area contributed by atoms with E-state index < -0.39 is 17.3 Å². The number of nitrogens with one attached hydrogen (secondary N) is 2. The summed E-state index contributed by atoms with van der Waals surface area (Å²) in [4.78, 5) is 15.7. The summed E-state index contributed by atoms with van der Waals surface area (Å²) in [5, 5.41) is 26.7. The summed E-state index contributed by atoms with van der Waals surface area (Å²) < 4.78 is 16.4. The van der Waals surface area contributed by atoms with Gasteiger partial charge in [0.25, 0.3) is 0 Å². The summed E-state index contributed by atoms with van der Waals surface area (Å²) in [5.41, 5.74) is 0.280. The zero-order valence-electron chi connectivity index (χ0n) is 17.8. The van der Waals surface area contributed by atoms with Crippen LogP contribution in [-0.2, 0) is 11.3 Å². The number of benzene rings is 1. The number of anilines is 1. The molecular formula is C21H23BN4O5. The molecule has 2 aromatic rings. The number of hydrogen-bond donors (Lipinski definition) is 3. The van der Waals surface area contributed by atoms with Gasteiger partial charge < -0.3 is 24.6 Å². The number of aliphatic hydroxyl groups is 1. The Morgan fingerprint density at radius 1 is 1.52 bits per heavy atom. The number of hydrogen-bond acceptors (Lipinski definition) is 8. The van der Waals surface area contributed by atoms with Crippen molar-refractivity contribution >= 4 is 19.8 Å². The van der Waals surface area contributed by atoms with E-state index in [4.69, 9.17) is 9.47 Å². The standard InChI is InChI=1S/C21H23BN4O5/c1-11-7-20(2,26-11)21(22,28)31-16-5-4-13-14-6-17(25-19(27)29-3)24-9-12(14)10-30-18(13)15(16)8-23/h4-6,9,11,26,28H,7,10,22H2,1-3H3,(H,24,25,27). The fraction of sp³-hybridized carbons (Fsp3) is 0.381. The molecule has 1 amide bonds. The second-order valence-electron chi connectivity index (χ2n) is 8.23. The van der Waals surface area contributed by atoms with E-state index in [2.05, 4.69) is 26.4 Å². The third-order valence-corrected chi connectivity index (χ3v) is 5.91. The monoisotopic (exact) mass is 422 g/mol. The number of ether oxygens (including phenoxy) is 3. The van der Waals surface area contributed by atoms with Crippen molar-refractivity contribution in [2.75, 3.05) is 12.4 Å². The van der Waals surface area contributed by atoms with Gasteiger partial charge in [-0.3, -0.25) is 5.32 Å². The van der Waals surface area contributed by atoms with Gasteiger partial charge in [0, 0.05) is 23.4 Å². The van der Waals surface area contributed by atoms with Gasteiger partial charge in [0.05, 0.1) is 12.6 Å². The van der Waals surface area contributed by atoms with Gasteiger partial charge >= 0.3 is 6.09 Å². The molecule has 0 aliphatic carbocycles. The summed E-state index contributed by atoms with van der Waals surface area (Å²) in [6.45, 7) is 4.12. The Bertz CT molecular complexity index is 1090. The first kappa shape index (κ1) is 21.0. The first-order chi connectivity index (χ1) is 14.7. The normalized spacial score (nSPS) is 23.0. The molecule has 3 atom stereocenters. The van der Waals surface area contributed by atoms with Crippen LogP contribution in [0.25, 0.3) is 11.1 Å². The maximum absolute atomic E-state index is 11.5. The molecule has 0 radical (unpaired) electrons. The predicted octanol–water partition coefficient (Wildman–Crippen LogP) is 1.49. The number of methoxy groups -OCH3 is 1. The molecule has 10 heteroatoms. The fourth-order valence-electron chi connectivity index (χ4n) is 4.13. The van der Waals surface area contributed by atoms with Gasteiger partial charge in [-0.1, -0.05) is 0 Å². The van der Waals surface area contributed by atoms with E-state index in [0.29, 0.717) is 17.1 Å². The minimum absolute atomic E-state index is 0.193. The molecular weight excluding hydrogens is 399 g/mol. The second-order valence-corrected chi connectivity index (χ2v) is 8.23. The highest BCUT2D eigenvalue weighted by molar-refractivity contribution is 6.14. The summed E-state index contributed by atoms with van der Waals surface area (Å²) in [6, 6.07) is 7.53. The van der Waals surface area contributed by atoms with E-state index in [9.17, 15) is 15.2 Å². The molecule has 31 heavy (non-hydrogen) atoms. The molecule has 4 rings (SSSR count). The fourth-order valence-corrected chi connectivity index (χ4v) is 4.13. The molecule has 0 spiro atoms. The lowest BCUT2D eigenvalue weighted by atomic mass is 9.68. The molecule has 3 unspecified atom stereocenters. The lowest BCUT2D eigenvalue weighted by Gasteiger charge is -2.53. The molecule has 0 saturated carbocycles. The van der Waals surface area contributed by atoms with Gasteiger partial charge in [0.15, 0.2) is 13.5 Å². The van der Waals surface area contributed by atoms with Gasteiger partial charge in [-0.25, -0.2) is 9.78 Å². The second kappa shape index (κ2) is 7.44. The number of rotatable bonds is 4. The van der Waals surface area contributed by atoms with Crippen LogP contribution in [0.15, 0.2) is 24.4 Å². The minimum Gasteiger partial charge on any atom is -0.487 e. The Morgan fingerprint density at radius 3 is 2.90 bits per heavy atom. The van der Waals surface area contributed by atoms with Crippen LogP contribution in [0.5, 0.6) is 11.5 Å². The van der Waals surface area contributed by atoms with Gasteiger partial charge in [-0.15, -0.1) is 0 Å². The molecule has 1 aromatic carbocycles. The Labute approximate surface area is 180 Å². The van der Waals surface area contributed by atoms with E-state index in [-0.39, 0.29) is 24.0 Å². The van der Waals surface area contributed by atoms with Gasteiger partial charge in [0.1, 0.15) is 35.6 Å². The van der Waals surface area contributed by atoms with Crippen LogP contribution < -0.4 is 20.1 Å². The van der Waals surface area contributed by atoms with Crippen LogP contribution in [0.4, 0.5) is 10.6 Å². The first-order valence-electron chi connectivity index (χ1n) is 9.90. The molecule has 2 aliphatic rings. The first-order valence-corrected chi connectivity index (χ1v) is 9.90. The molecule has 1 fully saturated rings. The highest BCUT2D eigenvalue weighted by Crippen LogP contribution is 2.45. The van der Waals surface area contributed by atoms with Crippen LogP contribution in [0.3, 0.4) is 0 Å². The summed E-state index contributed by atoms with van der Waals surface area (Å²) in [5.74, 6) is 0.913. The zero-order chi connectivity index (χ0) is 22.4. The third kappa shape index (κ3) is 3.56. The number of nitrogens with zero attached hydrogens (tertiary/aromatic N) is 2. The molecule has 2 aliphatic heterocycles. The van der Waals surface area contributed by atoms with E-state index in [1.54, 1.807) is 32.2 Å². The molecule has 1 aromatic heterocycles. The Hall–Kier alpha value is -3.29. The van der Waals surface area contributed by atoms with Crippen molar-refractivity contribution in [2.45, 2.75) is 44.1 Å². The van der Waals surface area contributed by atoms with Crippen molar-refractivity contribution in [3.05, 3.63) is 35.5 Å². The third-order valence-electron chi connectivity index (χ3n) is 5.91. The van der Waals surface area contributed by atoms with Crippen molar-refractivity contribution in [1.82, 2.24) is 10.3 Å². The van der Waals surface area contributed by atoms with Crippen LogP contribution in [0.1, 0.15) is 31.4 Å². The minimum atomic E-state index is -1.53. The van der Waals surface area contributed by atoms with Crippen molar-refractivity contribution in [3.8, 4) is 28.7 Å². The molecule has 3 N–H and O–H groups in total. The van der Waals surface area contributed by atoms with Crippen LogP contribution >= 0.6 is 0 Å². The largest absolute Gasteiger partial charge is 0.487 e. The highest BCUT2D eigenvalue weighted by Gasteiger charge is 2.52. The Balaban J connectivity index is 1.70. The summed E-state index contributed by atoms with van der Waals surface area (Å²) in [7, 11) is 2.85. The molecule has 160 valence electrons. The topological polar surface area (TPSA) is 126 Å². The SMILES string of the molecule is BC(O)(Oc1ccc2c(c1C#N)OCc1cnc(NC(=O)OC)cc1-2)C1(C)CC(C)N1. The Kier molecular flexibility index (Phi) is 5.03. The number of fused-ring (bicyclic) bond motifs is 3. The molecule has 1 saturated heterocycles. The van der Waals surface area contributed by atoms with Gasteiger partial charge in [-0.2, -0.15) is 5.26 Å². The molecule has 9 nitrogen and oxygen atoms in total. The maximum Gasteiger partial charge on any atom is 0.412 e. The quantitative estimate of drug-likeness (QED) is 0.500. The van der Waals surface area contributed by atoms with E-state index in [1.807, 2.05) is 13.8 Å². The summed E-state index contributed by atoms with van der Waals surface area (Å²) in [6.07, 6.45) is 1.71. The lowest BCUT2D eigenvalue weighted by Crippen LogP contribution is -2.74. The van der Waals surface area contributed by atoms with Gasteiger partial charge in [0.2, 0.25) is 0 Å². The predicted molar refractivity (Wildman–Crippen MR) is 114 cm³/mol. The molecule has 0 bridgehead atoms. The van der Waals surface area contributed by atoms with E-state index in [0.717, 1.165) is 17.5 Å². The number of carbonyl (C=O) groups excluding carboxylic acids is 1. The van der Waals surface area contributed by atoms with Gasteiger partial charge in [-0.05, 0) is 44.0 Å². The highest BCUT2D eigenvalue weighted by atomic mass is 16.6. The maximum atomic E-state index is 11.5. The van der Waals surface area contributed by atoms with Crippen molar-refractivity contribution < 1.29 is 24.1 Å². The number of aromatic nitrogens is 1. The van der Waals surface area contributed by atoms with Crippen LogP contribution in [0.2, 0.25) is 0 Å². The number of pyridine rings is 1. The van der Waals surface area contributed by atoms with E-state index in [1.165, 1.54) is 7.11 Å². The number of amides is 1.